The molecule has 1 atom stereocenters. The summed E-state index contributed by atoms with van der Waals surface area (Å²) in [6.45, 7) is 4.31. The number of hydrogen-bond donors (Lipinski definition) is 2. The van der Waals surface area contributed by atoms with Gasteiger partial charge in [-0.3, -0.25) is 4.79 Å². The van der Waals surface area contributed by atoms with Crippen LogP contribution in [0, 0.1) is 5.92 Å². The third-order valence-electron chi connectivity index (χ3n) is 4.29. The highest BCUT2D eigenvalue weighted by molar-refractivity contribution is 5.85. The summed E-state index contributed by atoms with van der Waals surface area (Å²) in [4.78, 5) is 12.2. The van der Waals surface area contributed by atoms with E-state index in [4.69, 9.17) is 15.2 Å². The molecule has 1 heterocycles. The zero-order chi connectivity index (χ0) is 19.3. The predicted molar refractivity (Wildman–Crippen MR) is 97.8 cm³/mol. The van der Waals surface area contributed by atoms with Crippen molar-refractivity contribution >= 4 is 18.3 Å². The average Bonchev–Trinajstić information content (AvgIpc) is 2.59. The number of nitrogens with one attached hydrogen (secondary N) is 1. The van der Waals surface area contributed by atoms with Crippen LogP contribution < -0.4 is 15.8 Å². The van der Waals surface area contributed by atoms with E-state index in [9.17, 15) is 18.0 Å². The number of carbonyl (C=O) groups is 1. The third-order valence-corrected chi connectivity index (χ3v) is 4.29. The van der Waals surface area contributed by atoms with Gasteiger partial charge in [-0.05, 0) is 50.3 Å². The molecule has 0 spiro atoms. The second-order valence-corrected chi connectivity index (χ2v) is 6.68. The van der Waals surface area contributed by atoms with E-state index in [0.29, 0.717) is 26.1 Å². The molecule has 0 bridgehead atoms. The fourth-order valence-corrected chi connectivity index (χ4v) is 2.91. The molecule has 1 saturated heterocycles. The Bertz CT molecular complexity index is 620. The largest absolute Gasteiger partial charge is 0.491 e. The number of benzene rings is 1. The van der Waals surface area contributed by atoms with Crippen LogP contribution in [0.3, 0.4) is 0 Å². The fourth-order valence-electron chi connectivity index (χ4n) is 2.91. The molecule has 0 aliphatic carbocycles. The Morgan fingerprint density at radius 2 is 1.96 bits per heavy atom. The van der Waals surface area contributed by atoms with Gasteiger partial charge < -0.3 is 20.5 Å². The minimum Gasteiger partial charge on any atom is -0.491 e. The molecule has 9 heteroatoms. The number of halogens is 4. The lowest BCUT2D eigenvalue weighted by Gasteiger charge is -2.27. The van der Waals surface area contributed by atoms with E-state index in [0.717, 1.165) is 6.07 Å². The zero-order valence-corrected chi connectivity index (χ0v) is 16.2. The molecule has 1 aliphatic rings. The Morgan fingerprint density at radius 1 is 1.33 bits per heavy atom. The van der Waals surface area contributed by atoms with Crippen molar-refractivity contribution in [3.8, 4) is 5.75 Å². The van der Waals surface area contributed by atoms with Crippen molar-refractivity contribution < 1.29 is 27.4 Å². The van der Waals surface area contributed by atoms with Gasteiger partial charge in [-0.15, -0.1) is 12.4 Å². The van der Waals surface area contributed by atoms with Crippen molar-refractivity contribution in [2.45, 2.75) is 51.6 Å². The predicted octanol–water partition coefficient (Wildman–Crippen LogP) is 3.28. The van der Waals surface area contributed by atoms with Crippen molar-refractivity contribution in [3.63, 3.8) is 0 Å². The molecular weight excluding hydrogens is 385 g/mol. The average molecular weight is 411 g/mol. The molecule has 5 nitrogen and oxygen atoms in total. The van der Waals surface area contributed by atoms with Gasteiger partial charge in [0.1, 0.15) is 5.75 Å². The van der Waals surface area contributed by atoms with E-state index in [1.807, 2.05) is 0 Å². The topological polar surface area (TPSA) is 73.6 Å². The summed E-state index contributed by atoms with van der Waals surface area (Å²) in [6.07, 6.45) is -3.44. The smallest absolute Gasteiger partial charge is 0.416 e. The van der Waals surface area contributed by atoms with Gasteiger partial charge >= 0.3 is 6.18 Å². The second-order valence-electron chi connectivity index (χ2n) is 6.68. The number of nitrogens with two attached hydrogens (primary N) is 1. The molecule has 154 valence electrons. The number of rotatable bonds is 6. The van der Waals surface area contributed by atoms with Crippen LogP contribution in [0.1, 0.15) is 37.8 Å². The molecule has 1 aliphatic heterocycles. The summed E-state index contributed by atoms with van der Waals surface area (Å²) in [6, 6.07) is 2.99. The first-order valence-electron chi connectivity index (χ1n) is 8.66. The first-order valence-corrected chi connectivity index (χ1v) is 8.66. The Labute approximate surface area is 163 Å². The Hall–Kier alpha value is -1.51. The highest BCUT2D eigenvalue weighted by Gasteiger charge is 2.34. The first-order chi connectivity index (χ1) is 12.2. The van der Waals surface area contributed by atoms with Gasteiger partial charge in [0.25, 0.3) is 0 Å². The molecule has 1 unspecified atom stereocenters. The molecule has 1 aromatic rings. The zero-order valence-electron chi connectivity index (χ0n) is 15.3. The van der Waals surface area contributed by atoms with Crippen LogP contribution in [0.4, 0.5) is 13.2 Å². The van der Waals surface area contributed by atoms with Gasteiger partial charge in [-0.1, -0.05) is 6.07 Å². The van der Waals surface area contributed by atoms with Crippen LogP contribution in [0.2, 0.25) is 0 Å². The second kappa shape index (κ2) is 10.1. The summed E-state index contributed by atoms with van der Waals surface area (Å²) < 4.78 is 50.6. The van der Waals surface area contributed by atoms with Crippen molar-refractivity contribution in [2.75, 3.05) is 13.2 Å². The van der Waals surface area contributed by atoms with Gasteiger partial charge in [0.05, 0.1) is 17.7 Å². The number of amides is 1. The standard InChI is InChI=1S/C18H25F3N2O3.ClH/c1-11(2)26-14-4-3-13(15(9-14)18(19,20)21)10-23-17(24)16(22)12-5-7-25-8-6-12;/h3-4,9,11-12,16H,5-8,10,22H2,1-2H3,(H,23,24);1H. The lowest BCUT2D eigenvalue weighted by atomic mass is 9.92. The van der Waals surface area contributed by atoms with Crippen molar-refractivity contribution in [3.05, 3.63) is 29.3 Å². The molecular formula is C18H26ClF3N2O3. The van der Waals surface area contributed by atoms with Crippen LogP contribution >= 0.6 is 12.4 Å². The minimum absolute atomic E-state index is 0. The molecule has 0 saturated carbocycles. The Morgan fingerprint density at radius 3 is 2.52 bits per heavy atom. The quantitative estimate of drug-likeness (QED) is 0.754. The van der Waals surface area contributed by atoms with E-state index in [1.54, 1.807) is 13.8 Å². The van der Waals surface area contributed by atoms with E-state index in [2.05, 4.69) is 5.32 Å². The van der Waals surface area contributed by atoms with Crippen LogP contribution in [0.5, 0.6) is 5.75 Å². The van der Waals surface area contributed by atoms with Crippen LogP contribution in [-0.4, -0.2) is 31.3 Å². The summed E-state index contributed by atoms with van der Waals surface area (Å²) in [7, 11) is 0. The molecule has 27 heavy (non-hydrogen) atoms. The van der Waals surface area contributed by atoms with Crippen molar-refractivity contribution in [2.24, 2.45) is 11.7 Å². The van der Waals surface area contributed by atoms with E-state index < -0.39 is 23.7 Å². The molecule has 1 fully saturated rings. The van der Waals surface area contributed by atoms with Gasteiger partial charge in [0.15, 0.2) is 0 Å². The van der Waals surface area contributed by atoms with Crippen molar-refractivity contribution in [1.29, 1.82) is 0 Å². The number of carbonyl (C=O) groups excluding carboxylic acids is 1. The highest BCUT2D eigenvalue weighted by Crippen LogP contribution is 2.34. The summed E-state index contributed by atoms with van der Waals surface area (Å²) in [5, 5.41) is 2.52. The molecule has 0 radical (unpaired) electrons. The summed E-state index contributed by atoms with van der Waals surface area (Å²) in [5.41, 5.74) is 5.10. The minimum atomic E-state index is -4.54. The molecule has 1 amide bonds. The fraction of sp³-hybridized carbons (Fsp3) is 0.611. The van der Waals surface area contributed by atoms with Gasteiger partial charge in [-0.2, -0.15) is 13.2 Å². The number of ether oxygens (including phenoxy) is 2. The van der Waals surface area contributed by atoms with Gasteiger partial charge in [0, 0.05) is 19.8 Å². The molecule has 3 N–H and O–H groups in total. The normalized spacial score (nSPS) is 16.6. The Kier molecular flexibility index (Phi) is 8.84. The van der Waals surface area contributed by atoms with Crippen molar-refractivity contribution in [1.82, 2.24) is 5.32 Å². The van der Waals surface area contributed by atoms with Crippen LogP contribution in [0.25, 0.3) is 0 Å². The monoisotopic (exact) mass is 410 g/mol. The highest BCUT2D eigenvalue weighted by atomic mass is 35.5. The van der Waals surface area contributed by atoms with Gasteiger partial charge in [-0.25, -0.2) is 0 Å². The lowest BCUT2D eigenvalue weighted by molar-refractivity contribution is -0.138. The number of hydrogen-bond acceptors (Lipinski definition) is 4. The summed E-state index contributed by atoms with van der Waals surface area (Å²) in [5.74, 6) is -0.332. The van der Waals surface area contributed by atoms with Gasteiger partial charge in [0.2, 0.25) is 5.91 Å². The van der Waals surface area contributed by atoms with Crippen LogP contribution in [0.15, 0.2) is 18.2 Å². The molecule has 1 aromatic carbocycles. The first kappa shape index (κ1) is 23.5. The number of alkyl halides is 3. The summed E-state index contributed by atoms with van der Waals surface area (Å²) >= 11 is 0. The maximum Gasteiger partial charge on any atom is 0.416 e. The maximum absolute atomic E-state index is 13.3. The van der Waals surface area contributed by atoms with E-state index in [-0.39, 0.29) is 42.3 Å². The molecule has 2 rings (SSSR count). The van der Waals surface area contributed by atoms with Crippen LogP contribution in [-0.2, 0) is 22.3 Å². The third kappa shape index (κ3) is 6.86. The SMILES string of the molecule is CC(C)Oc1ccc(CNC(=O)C(N)C2CCOCC2)c(C(F)(F)F)c1.Cl. The van der Waals surface area contributed by atoms with E-state index in [1.165, 1.54) is 12.1 Å². The lowest BCUT2D eigenvalue weighted by Crippen LogP contribution is -2.46. The maximum atomic E-state index is 13.3. The Balaban J connectivity index is 0.00000364. The van der Waals surface area contributed by atoms with E-state index >= 15 is 0 Å². The molecule has 0 aromatic heterocycles.